The van der Waals surface area contributed by atoms with Crippen molar-refractivity contribution in [1.29, 1.82) is 0 Å². The van der Waals surface area contributed by atoms with Gasteiger partial charge in [-0.15, -0.1) is 4.33 Å². The van der Waals surface area contributed by atoms with E-state index in [1.54, 1.807) is 7.11 Å². The van der Waals surface area contributed by atoms with Gasteiger partial charge in [-0.3, -0.25) is 4.79 Å². The van der Waals surface area contributed by atoms with Gasteiger partial charge in [-0.05, 0) is 98.9 Å². The van der Waals surface area contributed by atoms with Crippen LogP contribution in [0.25, 0.3) is 0 Å². The third-order valence-electron chi connectivity index (χ3n) is 13.1. The van der Waals surface area contributed by atoms with E-state index in [2.05, 4.69) is 30.1 Å². The summed E-state index contributed by atoms with van der Waals surface area (Å²) < 4.78 is 36.1. The third-order valence-corrected chi connectivity index (χ3v) is 14.6. The Bertz CT molecular complexity index is 1170. The van der Waals surface area contributed by atoms with Crippen LogP contribution >= 0.6 is 0 Å². The molecule has 4 aliphatic carbocycles. The third kappa shape index (κ3) is 5.16. The van der Waals surface area contributed by atoms with Crippen molar-refractivity contribution in [1.82, 2.24) is 0 Å². The highest BCUT2D eigenvalue weighted by Crippen LogP contribution is 2.69. The Morgan fingerprint density at radius 1 is 1.18 bits per heavy atom. The summed E-state index contributed by atoms with van der Waals surface area (Å²) in [6.07, 6.45) is 3.66. The van der Waals surface area contributed by atoms with Crippen molar-refractivity contribution in [3.8, 4) is 0 Å². The number of carbonyl (C=O) groups excluding carboxylic acids is 1. The maximum Gasteiger partial charge on any atom is 0.303 e. The minimum atomic E-state index is -2.07. The van der Waals surface area contributed by atoms with Crippen molar-refractivity contribution in [2.45, 2.75) is 135 Å². The predicted octanol–water partition coefficient (Wildman–Crippen LogP) is 4.89. The Balaban J connectivity index is 1.54. The molecule has 3 N–H and O–H groups in total. The topological polar surface area (TPSA) is 144 Å². The molecule has 0 spiro atoms. The highest BCUT2D eigenvalue weighted by atomic mass is 32.2. The van der Waals surface area contributed by atoms with Crippen LogP contribution in [-0.2, 0) is 39.5 Å². The van der Waals surface area contributed by atoms with Crippen LogP contribution in [0.4, 0.5) is 0 Å². The van der Waals surface area contributed by atoms with Crippen LogP contribution in [0, 0.1) is 39.9 Å². The molecule has 5 aliphatic rings. The number of carbonyl (C=O) groups is 1. The number of fused-ring (bicyclic) bond motifs is 4. The largest absolute Gasteiger partial charge is 0.459 e. The van der Waals surface area contributed by atoms with Crippen LogP contribution in [-0.4, -0.2) is 74.1 Å². The molecule has 0 aromatic carbocycles. The van der Waals surface area contributed by atoms with Crippen LogP contribution in [0.1, 0.15) is 100 Å². The van der Waals surface area contributed by atoms with E-state index in [0.717, 1.165) is 44.1 Å². The SMILES string of the molecule is CO[C@@H]1C2=C(CC[C@H]3C(C)(C)[C@@H](S(=O)OOO)[C@H](O)C[C@]23C)C2CC[C@H]([C@H](C)CCC3(C(C)(C)O)CO3)[C@@]2(C)[C@H]1OC(C)=O. The van der Waals surface area contributed by atoms with E-state index in [1.165, 1.54) is 12.5 Å². The lowest BCUT2D eigenvalue weighted by Crippen LogP contribution is -2.64. The van der Waals surface area contributed by atoms with Crippen LogP contribution in [0.15, 0.2) is 11.1 Å². The summed E-state index contributed by atoms with van der Waals surface area (Å²) in [6, 6.07) is 0. The lowest BCUT2D eigenvalue weighted by atomic mass is 9.44. The van der Waals surface area contributed by atoms with Gasteiger partial charge in [-0.1, -0.05) is 45.2 Å². The molecule has 11 heteroatoms. The predicted molar refractivity (Wildman–Crippen MR) is 163 cm³/mol. The Morgan fingerprint density at radius 3 is 2.39 bits per heavy atom. The average Bonchev–Trinajstić information content (AvgIpc) is 3.62. The molecule has 5 rings (SSSR count). The number of esters is 1. The van der Waals surface area contributed by atoms with Crippen LogP contribution in [0.3, 0.4) is 0 Å². The summed E-state index contributed by atoms with van der Waals surface area (Å²) in [5.41, 5.74) is -0.421. The van der Waals surface area contributed by atoms with Crippen LogP contribution < -0.4 is 0 Å². The summed E-state index contributed by atoms with van der Waals surface area (Å²) in [4.78, 5) is 12.8. The lowest BCUT2D eigenvalue weighted by Gasteiger charge is -2.63. The molecule has 12 atom stereocenters. The van der Waals surface area contributed by atoms with E-state index >= 15 is 0 Å². The molecule has 1 heterocycles. The first kappa shape index (κ1) is 34.4. The number of hydrogen-bond acceptors (Lipinski definition) is 10. The van der Waals surface area contributed by atoms with Crippen LogP contribution in [0.5, 0.6) is 0 Å². The van der Waals surface area contributed by atoms with E-state index in [9.17, 15) is 19.2 Å². The Kier molecular flexibility index (Phi) is 9.11. The van der Waals surface area contributed by atoms with E-state index in [1.807, 2.05) is 27.7 Å². The van der Waals surface area contributed by atoms with Gasteiger partial charge in [0.2, 0.25) is 0 Å². The zero-order chi connectivity index (χ0) is 32.6. The van der Waals surface area contributed by atoms with Gasteiger partial charge in [-0.25, -0.2) is 9.47 Å². The van der Waals surface area contributed by atoms with Crippen molar-refractivity contribution < 1.29 is 48.1 Å². The molecule has 3 fully saturated rings. The lowest BCUT2D eigenvalue weighted by molar-refractivity contribution is -0.435. The Labute approximate surface area is 264 Å². The Hall–Kier alpha value is -0.920. The summed E-state index contributed by atoms with van der Waals surface area (Å²) in [7, 11) is 1.68. The molecule has 0 aromatic heterocycles. The molecule has 0 amide bonds. The molecule has 1 aliphatic heterocycles. The number of aliphatic hydroxyl groups is 2. The molecule has 1 saturated heterocycles. The summed E-state index contributed by atoms with van der Waals surface area (Å²) >= 11 is -2.07. The van der Waals surface area contributed by atoms with E-state index in [0.29, 0.717) is 18.9 Å². The minimum absolute atomic E-state index is 0.0149. The number of rotatable bonds is 10. The molecular formula is C33H54O10S. The smallest absolute Gasteiger partial charge is 0.303 e. The van der Waals surface area contributed by atoms with E-state index in [-0.39, 0.29) is 29.1 Å². The fourth-order valence-electron chi connectivity index (χ4n) is 11.0. The standard InChI is InChI=1S/C33H54O10S/c1-18(14-15-33(17-40-33)30(5,6)36)21-11-12-22-20-10-13-24-29(3,4)28(44(38)43-42-37)23(35)16-31(24,7)25(20)26(39-9)27(32(21,22)8)41-19(2)34/h18,21-24,26-28,35-37H,10-17H2,1-9H3/t18-,21-,22?,23-,24+,26-,27+,28+,31+,32-,33?,44?/m1/s1. The number of allylic oxidation sites excluding steroid dienone is 1. The molecule has 0 bridgehead atoms. The first-order valence-electron chi connectivity index (χ1n) is 16.3. The average molecular weight is 643 g/mol. The second kappa shape index (κ2) is 11.6. The van der Waals surface area contributed by atoms with Gasteiger partial charge < -0.3 is 24.4 Å². The zero-order valence-corrected chi connectivity index (χ0v) is 28.7. The van der Waals surface area contributed by atoms with E-state index in [4.69, 9.17) is 19.5 Å². The zero-order valence-electron chi connectivity index (χ0n) is 27.9. The van der Waals surface area contributed by atoms with Gasteiger partial charge in [-0.2, -0.15) is 0 Å². The summed E-state index contributed by atoms with van der Waals surface area (Å²) in [5.74, 6) is 0.434. The monoisotopic (exact) mass is 642 g/mol. The van der Waals surface area contributed by atoms with Crippen molar-refractivity contribution in [3.05, 3.63) is 11.1 Å². The van der Waals surface area contributed by atoms with Gasteiger partial charge in [0, 0.05) is 19.4 Å². The highest BCUT2D eigenvalue weighted by Gasteiger charge is 2.68. The fraction of sp³-hybridized carbons (Fsp3) is 0.909. The second-order valence-corrected chi connectivity index (χ2v) is 17.2. The van der Waals surface area contributed by atoms with Crippen molar-refractivity contribution in [3.63, 3.8) is 0 Å². The highest BCUT2D eigenvalue weighted by molar-refractivity contribution is 7.80. The van der Waals surface area contributed by atoms with Crippen molar-refractivity contribution in [2.75, 3.05) is 13.7 Å². The van der Waals surface area contributed by atoms with Crippen molar-refractivity contribution in [2.24, 2.45) is 39.9 Å². The van der Waals surface area contributed by atoms with Crippen LogP contribution in [0.2, 0.25) is 0 Å². The molecule has 252 valence electrons. The van der Waals surface area contributed by atoms with Gasteiger partial charge in [0.1, 0.15) is 17.8 Å². The number of aliphatic hydroxyl groups excluding tert-OH is 1. The molecule has 44 heavy (non-hydrogen) atoms. The van der Waals surface area contributed by atoms with Gasteiger partial charge in [0.25, 0.3) is 0 Å². The number of ether oxygens (including phenoxy) is 3. The molecule has 2 saturated carbocycles. The summed E-state index contributed by atoms with van der Waals surface area (Å²) in [6.45, 7) is 16.4. The molecule has 10 nitrogen and oxygen atoms in total. The molecule has 3 unspecified atom stereocenters. The second-order valence-electron chi connectivity index (χ2n) is 16.0. The van der Waals surface area contributed by atoms with Gasteiger partial charge in [0.15, 0.2) is 11.1 Å². The van der Waals surface area contributed by atoms with Gasteiger partial charge in [0.05, 0.1) is 23.6 Å². The summed E-state index contributed by atoms with van der Waals surface area (Å²) in [5, 5.41) is 34.1. The number of hydrogen-bond donors (Lipinski definition) is 3. The van der Waals surface area contributed by atoms with Crippen molar-refractivity contribution >= 4 is 17.0 Å². The Morgan fingerprint density at radius 2 is 1.84 bits per heavy atom. The molecule has 0 radical (unpaired) electrons. The maximum atomic E-state index is 13.0. The first-order chi connectivity index (χ1) is 20.4. The number of epoxide rings is 1. The normalized spacial score (nSPS) is 44.3. The van der Waals surface area contributed by atoms with E-state index < -0.39 is 56.7 Å². The maximum absolute atomic E-state index is 13.0. The molecular weight excluding hydrogens is 588 g/mol. The fourth-order valence-corrected chi connectivity index (χ4v) is 12.2. The van der Waals surface area contributed by atoms with Gasteiger partial charge >= 0.3 is 5.97 Å². The minimum Gasteiger partial charge on any atom is -0.459 e. The number of methoxy groups -OCH3 is 1. The first-order valence-corrected chi connectivity index (χ1v) is 17.4. The molecule has 0 aromatic rings. The quantitative estimate of drug-likeness (QED) is 0.0990.